The van der Waals surface area contributed by atoms with Gasteiger partial charge in [-0.2, -0.15) is 0 Å². The molecule has 1 atom stereocenters. The maximum Gasteiger partial charge on any atom is 0.239 e. The van der Waals surface area contributed by atoms with E-state index in [1.54, 1.807) is 0 Å². The number of aliphatic hydroxyl groups excluding tert-OH is 1. The Morgan fingerprint density at radius 1 is 1.08 bits per heavy atom. The van der Waals surface area contributed by atoms with Gasteiger partial charge in [0.25, 0.3) is 0 Å². The van der Waals surface area contributed by atoms with Crippen molar-refractivity contribution in [2.45, 2.75) is 51.9 Å². The second kappa shape index (κ2) is 10.3. The van der Waals surface area contributed by atoms with E-state index in [1.807, 2.05) is 37.3 Å². The second-order valence-electron chi connectivity index (χ2n) is 7.89. The zero-order valence-corrected chi connectivity index (χ0v) is 15.8. The van der Waals surface area contributed by atoms with E-state index in [1.165, 1.54) is 19.3 Å². The van der Waals surface area contributed by atoms with Gasteiger partial charge in [0.15, 0.2) is 0 Å². The Morgan fingerprint density at radius 2 is 1.77 bits per heavy atom. The van der Waals surface area contributed by atoms with Crippen LogP contribution in [0.25, 0.3) is 0 Å². The minimum atomic E-state index is -0.427. The maximum absolute atomic E-state index is 12.0. The zero-order chi connectivity index (χ0) is 18.8. The van der Waals surface area contributed by atoms with Crippen LogP contribution in [0.15, 0.2) is 30.3 Å². The van der Waals surface area contributed by atoms with Crippen LogP contribution in [0.5, 0.6) is 0 Å². The molecule has 3 N–H and O–H groups in total. The lowest BCUT2D eigenvalue weighted by Gasteiger charge is -2.28. The van der Waals surface area contributed by atoms with E-state index in [4.69, 9.17) is 0 Å². The van der Waals surface area contributed by atoms with Crippen molar-refractivity contribution in [1.29, 1.82) is 0 Å². The molecule has 0 bridgehead atoms. The Morgan fingerprint density at radius 3 is 2.42 bits per heavy atom. The average Bonchev–Trinajstić information content (AvgIpc) is 2.66. The number of amides is 2. The summed E-state index contributed by atoms with van der Waals surface area (Å²) in [6.45, 7) is 2.30. The van der Waals surface area contributed by atoms with Crippen LogP contribution in [-0.4, -0.2) is 36.6 Å². The second-order valence-corrected chi connectivity index (χ2v) is 7.89. The number of benzene rings is 1. The van der Waals surface area contributed by atoms with Gasteiger partial charge in [0.1, 0.15) is 0 Å². The van der Waals surface area contributed by atoms with Gasteiger partial charge >= 0.3 is 0 Å². The summed E-state index contributed by atoms with van der Waals surface area (Å²) in [7, 11) is 0. The van der Waals surface area contributed by atoms with Crippen molar-refractivity contribution in [2.75, 3.05) is 19.7 Å². The molecule has 0 aliphatic heterocycles. The summed E-state index contributed by atoms with van der Waals surface area (Å²) in [5, 5.41) is 15.3. The van der Waals surface area contributed by atoms with Crippen molar-refractivity contribution in [2.24, 2.45) is 11.3 Å². The summed E-state index contributed by atoms with van der Waals surface area (Å²) < 4.78 is 0. The van der Waals surface area contributed by atoms with Crippen molar-refractivity contribution in [3.63, 3.8) is 0 Å². The molecule has 0 saturated heterocycles. The van der Waals surface area contributed by atoms with Crippen molar-refractivity contribution in [1.82, 2.24) is 10.6 Å². The molecule has 144 valence electrons. The van der Waals surface area contributed by atoms with E-state index in [9.17, 15) is 14.7 Å². The molecular formula is C21H32N2O3. The van der Waals surface area contributed by atoms with E-state index < -0.39 is 5.41 Å². The number of hydrogen-bond acceptors (Lipinski definition) is 3. The van der Waals surface area contributed by atoms with Gasteiger partial charge in [-0.1, -0.05) is 56.5 Å². The summed E-state index contributed by atoms with van der Waals surface area (Å²) in [4.78, 5) is 24.0. The topological polar surface area (TPSA) is 78.4 Å². The molecule has 0 heterocycles. The van der Waals surface area contributed by atoms with Crippen LogP contribution in [0.2, 0.25) is 0 Å². The molecule has 1 saturated carbocycles. The van der Waals surface area contributed by atoms with Gasteiger partial charge < -0.3 is 15.7 Å². The molecule has 26 heavy (non-hydrogen) atoms. The molecule has 0 radical (unpaired) electrons. The Bertz CT molecular complexity index is 570. The van der Waals surface area contributed by atoms with Gasteiger partial charge in [-0.05, 0) is 30.7 Å². The van der Waals surface area contributed by atoms with E-state index in [2.05, 4.69) is 10.6 Å². The molecule has 1 unspecified atom stereocenters. The highest BCUT2D eigenvalue weighted by atomic mass is 16.3. The van der Waals surface area contributed by atoms with Gasteiger partial charge in [-0.3, -0.25) is 9.59 Å². The van der Waals surface area contributed by atoms with E-state index in [0.717, 1.165) is 18.4 Å². The van der Waals surface area contributed by atoms with Crippen LogP contribution in [-0.2, 0) is 16.0 Å². The molecule has 1 aliphatic rings. The molecule has 2 amide bonds. The summed E-state index contributed by atoms with van der Waals surface area (Å²) in [6, 6.07) is 9.92. The van der Waals surface area contributed by atoms with Crippen LogP contribution >= 0.6 is 0 Å². The molecule has 1 aliphatic carbocycles. The first kappa shape index (κ1) is 20.4. The van der Waals surface area contributed by atoms with Crippen molar-refractivity contribution >= 4 is 11.8 Å². The molecule has 1 fully saturated rings. The predicted molar refractivity (Wildman–Crippen MR) is 103 cm³/mol. The molecular weight excluding hydrogens is 328 g/mol. The smallest absolute Gasteiger partial charge is 0.239 e. The highest BCUT2D eigenvalue weighted by Gasteiger charge is 2.25. The Labute approximate surface area is 156 Å². The minimum Gasteiger partial charge on any atom is -0.396 e. The summed E-state index contributed by atoms with van der Waals surface area (Å²) in [5.74, 6) is 0.214. The fraction of sp³-hybridized carbons (Fsp3) is 0.619. The van der Waals surface area contributed by atoms with Crippen LogP contribution in [0.3, 0.4) is 0 Å². The SMILES string of the molecule is CC(CO)(CNC(=O)CNC(=O)CC1CCCCC1)Cc1ccccc1. The fourth-order valence-corrected chi connectivity index (χ4v) is 3.54. The van der Waals surface area contributed by atoms with Crippen LogP contribution < -0.4 is 10.6 Å². The van der Waals surface area contributed by atoms with Crippen molar-refractivity contribution in [3.8, 4) is 0 Å². The first-order valence-electron chi connectivity index (χ1n) is 9.69. The number of aliphatic hydroxyl groups is 1. The standard InChI is InChI=1S/C21H32N2O3/c1-21(16-24,13-18-10-6-3-7-11-18)15-23-20(26)14-22-19(25)12-17-8-4-2-5-9-17/h3,6-7,10-11,17,24H,2,4-5,8-9,12-16H2,1H3,(H,22,25)(H,23,26). The number of hydrogen-bond donors (Lipinski definition) is 3. The lowest BCUT2D eigenvalue weighted by molar-refractivity contribution is -0.127. The molecule has 0 spiro atoms. The van der Waals surface area contributed by atoms with Gasteiger partial charge in [-0.15, -0.1) is 0 Å². The largest absolute Gasteiger partial charge is 0.396 e. The normalized spacial score (nSPS) is 17.3. The maximum atomic E-state index is 12.0. The first-order valence-corrected chi connectivity index (χ1v) is 9.69. The van der Waals surface area contributed by atoms with Crippen LogP contribution in [0.1, 0.15) is 51.0 Å². The van der Waals surface area contributed by atoms with Crippen LogP contribution in [0.4, 0.5) is 0 Å². The average molecular weight is 360 g/mol. The van der Waals surface area contributed by atoms with Crippen molar-refractivity contribution < 1.29 is 14.7 Å². The van der Waals surface area contributed by atoms with E-state index in [0.29, 0.717) is 25.3 Å². The summed E-state index contributed by atoms with van der Waals surface area (Å²) >= 11 is 0. The van der Waals surface area contributed by atoms with Gasteiger partial charge in [0.2, 0.25) is 11.8 Å². The molecule has 0 aromatic heterocycles. The van der Waals surface area contributed by atoms with E-state index >= 15 is 0 Å². The van der Waals surface area contributed by atoms with Gasteiger partial charge in [0.05, 0.1) is 13.2 Å². The lowest BCUT2D eigenvalue weighted by atomic mass is 9.84. The predicted octanol–water partition coefficient (Wildman–Crippen LogP) is 2.43. The molecule has 5 heteroatoms. The lowest BCUT2D eigenvalue weighted by Crippen LogP contribution is -2.43. The third kappa shape index (κ3) is 7.16. The third-order valence-corrected chi connectivity index (χ3v) is 5.21. The highest BCUT2D eigenvalue weighted by molar-refractivity contribution is 5.84. The highest BCUT2D eigenvalue weighted by Crippen LogP contribution is 2.26. The van der Waals surface area contributed by atoms with Crippen LogP contribution in [0, 0.1) is 11.3 Å². The zero-order valence-electron chi connectivity index (χ0n) is 15.8. The number of nitrogens with one attached hydrogen (secondary N) is 2. The molecule has 1 aromatic rings. The molecule has 5 nitrogen and oxygen atoms in total. The summed E-state index contributed by atoms with van der Waals surface area (Å²) in [5.41, 5.74) is 0.697. The quantitative estimate of drug-likeness (QED) is 0.633. The molecule has 1 aromatic carbocycles. The Hall–Kier alpha value is -1.88. The third-order valence-electron chi connectivity index (χ3n) is 5.21. The summed E-state index contributed by atoms with van der Waals surface area (Å²) in [6.07, 6.45) is 7.13. The van der Waals surface area contributed by atoms with Gasteiger partial charge in [0, 0.05) is 18.4 Å². The minimum absolute atomic E-state index is 0.00159. The number of carbonyl (C=O) groups excluding carboxylic acids is 2. The first-order chi connectivity index (χ1) is 12.5. The number of carbonyl (C=O) groups is 2. The van der Waals surface area contributed by atoms with Crippen molar-refractivity contribution in [3.05, 3.63) is 35.9 Å². The number of rotatable bonds is 9. The Balaban J connectivity index is 1.69. The fourth-order valence-electron chi connectivity index (χ4n) is 3.54. The van der Waals surface area contributed by atoms with Gasteiger partial charge in [-0.25, -0.2) is 0 Å². The Kier molecular flexibility index (Phi) is 8.10. The molecule has 2 rings (SSSR count). The van der Waals surface area contributed by atoms with E-state index in [-0.39, 0.29) is 25.0 Å². The monoisotopic (exact) mass is 360 g/mol.